The van der Waals surface area contributed by atoms with E-state index in [1.165, 1.54) is 83.5 Å². The molecule has 3 fully saturated rings. The van der Waals surface area contributed by atoms with Gasteiger partial charge in [0.05, 0.1) is 0 Å². The third kappa shape index (κ3) is 9.31. The smallest absolute Gasteiger partial charge is 0.306 e. The van der Waals surface area contributed by atoms with Gasteiger partial charge in [0, 0.05) is 12.8 Å². The molecule has 46 heavy (non-hydrogen) atoms. The SMILES string of the molecule is CCCCCCC=CCCCCCCCC(=O)OC1CC[C@@]2(C)C(=CC=C3[C@@H]4CC[C@H]([C@H](C)C=C[C@H](C)C(C)C)[C@@]4(C)CC[C@@H]32)C1. The summed E-state index contributed by atoms with van der Waals surface area (Å²) >= 11 is 0. The molecule has 2 heteroatoms. The molecule has 2 nitrogen and oxygen atoms in total. The van der Waals surface area contributed by atoms with Crippen molar-refractivity contribution in [3.05, 3.63) is 47.6 Å². The molecular formula is C44H72O2. The number of esters is 1. The van der Waals surface area contributed by atoms with E-state index >= 15 is 0 Å². The second-order valence-electron chi connectivity index (χ2n) is 16.9. The Kier molecular flexibility index (Phi) is 14.3. The molecule has 0 N–H and O–H groups in total. The van der Waals surface area contributed by atoms with Crippen LogP contribution in [0.3, 0.4) is 0 Å². The number of hydrogen-bond acceptors (Lipinski definition) is 2. The van der Waals surface area contributed by atoms with Crippen molar-refractivity contribution in [3.8, 4) is 0 Å². The predicted octanol–water partition coefficient (Wildman–Crippen LogP) is 13.1. The van der Waals surface area contributed by atoms with E-state index in [9.17, 15) is 4.79 Å². The quantitative estimate of drug-likeness (QED) is 0.0853. The van der Waals surface area contributed by atoms with Crippen LogP contribution in [0.25, 0.3) is 0 Å². The van der Waals surface area contributed by atoms with Gasteiger partial charge in [-0.25, -0.2) is 0 Å². The Morgan fingerprint density at radius 2 is 1.52 bits per heavy atom. The summed E-state index contributed by atoms with van der Waals surface area (Å²) in [5, 5.41) is 0. The van der Waals surface area contributed by atoms with E-state index in [2.05, 4.69) is 84.9 Å². The first-order valence-electron chi connectivity index (χ1n) is 20.0. The van der Waals surface area contributed by atoms with Gasteiger partial charge in [-0.1, -0.05) is 135 Å². The molecule has 4 aliphatic rings. The van der Waals surface area contributed by atoms with E-state index in [0.717, 1.165) is 43.9 Å². The third-order valence-electron chi connectivity index (χ3n) is 13.4. The number of fused-ring (bicyclic) bond motifs is 5. The first-order valence-corrected chi connectivity index (χ1v) is 20.0. The number of hydrogen-bond donors (Lipinski definition) is 0. The zero-order chi connectivity index (χ0) is 33.2. The van der Waals surface area contributed by atoms with Gasteiger partial charge in [0.2, 0.25) is 0 Å². The molecule has 0 aromatic carbocycles. The van der Waals surface area contributed by atoms with Crippen LogP contribution in [0.15, 0.2) is 47.6 Å². The van der Waals surface area contributed by atoms with Crippen LogP contribution in [-0.4, -0.2) is 12.1 Å². The minimum Gasteiger partial charge on any atom is -0.462 e. The van der Waals surface area contributed by atoms with E-state index < -0.39 is 0 Å². The molecule has 0 aliphatic heterocycles. The second kappa shape index (κ2) is 17.7. The molecule has 8 atom stereocenters. The van der Waals surface area contributed by atoms with Crippen LogP contribution < -0.4 is 0 Å². The van der Waals surface area contributed by atoms with E-state index in [-0.39, 0.29) is 17.5 Å². The highest BCUT2D eigenvalue weighted by Gasteiger charge is 2.57. The predicted molar refractivity (Wildman–Crippen MR) is 198 cm³/mol. The number of unbranched alkanes of at least 4 members (excludes halogenated alkanes) is 9. The van der Waals surface area contributed by atoms with Crippen LogP contribution in [0.1, 0.15) is 170 Å². The monoisotopic (exact) mass is 633 g/mol. The number of ether oxygens (including phenoxy) is 1. The number of carbonyl (C=O) groups is 1. The maximum atomic E-state index is 12.8. The van der Waals surface area contributed by atoms with E-state index in [0.29, 0.717) is 35.5 Å². The van der Waals surface area contributed by atoms with E-state index in [1.54, 1.807) is 11.1 Å². The molecule has 0 aromatic heterocycles. The fraction of sp³-hybridized carbons (Fsp3) is 0.795. The van der Waals surface area contributed by atoms with Crippen LogP contribution in [-0.2, 0) is 9.53 Å². The number of rotatable bonds is 18. The largest absolute Gasteiger partial charge is 0.462 e. The highest BCUT2D eigenvalue weighted by Crippen LogP contribution is 2.66. The molecule has 3 saturated carbocycles. The molecule has 0 bridgehead atoms. The zero-order valence-corrected chi connectivity index (χ0v) is 31.3. The summed E-state index contributed by atoms with van der Waals surface area (Å²) in [4.78, 5) is 12.8. The summed E-state index contributed by atoms with van der Waals surface area (Å²) in [6.45, 7) is 17.0. The minimum atomic E-state index is 0.0311. The first kappa shape index (κ1) is 37.3. The molecule has 260 valence electrons. The van der Waals surface area contributed by atoms with Crippen molar-refractivity contribution in [2.24, 2.45) is 46.3 Å². The zero-order valence-electron chi connectivity index (χ0n) is 31.3. The minimum absolute atomic E-state index is 0.0311. The average molecular weight is 633 g/mol. The fourth-order valence-electron chi connectivity index (χ4n) is 9.91. The maximum absolute atomic E-state index is 12.8. The van der Waals surface area contributed by atoms with E-state index in [4.69, 9.17) is 4.74 Å². The first-order chi connectivity index (χ1) is 22.1. The van der Waals surface area contributed by atoms with Crippen LogP contribution in [0.2, 0.25) is 0 Å². The van der Waals surface area contributed by atoms with Gasteiger partial charge in [0.1, 0.15) is 6.10 Å². The summed E-state index contributed by atoms with van der Waals surface area (Å²) in [6.07, 6.45) is 37.8. The van der Waals surface area contributed by atoms with Crippen LogP contribution in [0.5, 0.6) is 0 Å². The molecule has 0 saturated heterocycles. The molecule has 4 rings (SSSR count). The molecule has 4 aliphatic carbocycles. The van der Waals surface area contributed by atoms with Gasteiger partial charge in [-0.15, -0.1) is 0 Å². The van der Waals surface area contributed by atoms with Crippen LogP contribution >= 0.6 is 0 Å². The van der Waals surface area contributed by atoms with Gasteiger partial charge >= 0.3 is 5.97 Å². The lowest BCUT2D eigenvalue weighted by Gasteiger charge is -2.55. The van der Waals surface area contributed by atoms with Crippen molar-refractivity contribution in [1.82, 2.24) is 0 Å². The topological polar surface area (TPSA) is 26.3 Å². The Labute approximate surface area is 285 Å². The van der Waals surface area contributed by atoms with Crippen molar-refractivity contribution < 1.29 is 9.53 Å². The van der Waals surface area contributed by atoms with Gasteiger partial charge in [0.15, 0.2) is 0 Å². The van der Waals surface area contributed by atoms with Gasteiger partial charge in [0.25, 0.3) is 0 Å². The summed E-state index contributed by atoms with van der Waals surface area (Å²) in [6, 6.07) is 0. The summed E-state index contributed by atoms with van der Waals surface area (Å²) in [7, 11) is 0. The maximum Gasteiger partial charge on any atom is 0.306 e. The van der Waals surface area contributed by atoms with Gasteiger partial charge < -0.3 is 4.74 Å². The summed E-state index contributed by atoms with van der Waals surface area (Å²) in [5.41, 5.74) is 3.99. The fourth-order valence-corrected chi connectivity index (χ4v) is 9.91. The van der Waals surface area contributed by atoms with Crippen molar-refractivity contribution >= 4 is 5.97 Å². The average Bonchev–Trinajstić information content (AvgIpc) is 3.39. The van der Waals surface area contributed by atoms with Crippen LogP contribution in [0.4, 0.5) is 0 Å². The molecule has 0 amide bonds. The normalized spacial score (nSPS) is 32.2. The Balaban J connectivity index is 1.20. The van der Waals surface area contributed by atoms with Crippen molar-refractivity contribution in [1.29, 1.82) is 0 Å². The second-order valence-corrected chi connectivity index (χ2v) is 16.9. The Morgan fingerprint density at radius 1 is 0.826 bits per heavy atom. The molecule has 1 unspecified atom stereocenters. The Morgan fingerprint density at radius 3 is 2.24 bits per heavy atom. The van der Waals surface area contributed by atoms with Crippen LogP contribution in [0, 0.1) is 46.3 Å². The van der Waals surface area contributed by atoms with Crippen molar-refractivity contribution in [3.63, 3.8) is 0 Å². The van der Waals surface area contributed by atoms with Crippen molar-refractivity contribution in [2.75, 3.05) is 0 Å². The Hall–Kier alpha value is -1.57. The van der Waals surface area contributed by atoms with E-state index in [1.807, 2.05) is 0 Å². The third-order valence-corrected chi connectivity index (χ3v) is 13.4. The number of carbonyl (C=O) groups excluding carboxylic acids is 1. The van der Waals surface area contributed by atoms with Gasteiger partial charge in [-0.2, -0.15) is 0 Å². The standard InChI is InChI=1S/C44H72O2/c1-8-9-10-11-12-13-14-15-16-17-18-19-20-21-42(45)46-37-28-30-43(6)36(32-37)24-25-38-40-27-26-39(44(40,7)31-29-41(38)43)35(5)23-22-34(4)33(2)3/h13-14,22-25,33-35,37,39-41H,8-12,15-21,26-32H2,1-7H3/t34-,35+,37?,39+,40-,41-,43-,44+/m0/s1. The molecule has 0 radical (unpaired) electrons. The summed E-state index contributed by atoms with van der Waals surface area (Å²) in [5.74, 6) is 4.24. The van der Waals surface area contributed by atoms with Gasteiger partial charge in [-0.05, 0) is 117 Å². The Bertz CT molecular complexity index is 1080. The van der Waals surface area contributed by atoms with Gasteiger partial charge in [-0.3, -0.25) is 4.79 Å². The van der Waals surface area contributed by atoms with Crippen molar-refractivity contribution in [2.45, 2.75) is 177 Å². The lowest BCUT2D eigenvalue weighted by Crippen LogP contribution is -2.46. The highest BCUT2D eigenvalue weighted by atomic mass is 16.5. The summed E-state index contributed by atoms with van der Waals surface area (Å²) < 4.78 is 6.09. The molecule has 0 spiro atoms. The molecule has 0 aromatic rings. The molecule has 0 heterocycles. The number of allylic oxidation sites excluding steroid dienone is 7. The highest BCUT2D eigenvalue weighted by molar-refractivity contribution is 5.69. The lowest BCUT2D eigenvalue weighted by molar-refractivity contribution is -0.151. The lowest BCUT2D eigenvalue weighted by atomic mass is 9.50. The molecular weight excluding hydrogens is 560 g/mol.